The number of aliphatic carboxylic acids is 1. The molecular formula is C13H17BrN2O4. The first-order chi connectivity index (χ1) is 9.29. The highest BCUT2D eigenvalue weighted by Crippen LogP contribution is 2.06. The molecule has 1 N–H and O–H groups in total. The van der Waals surface area contributed by atoms with Crippen LogP contribution in [0.3, 0.4) is 0 Å². The molecule has 0 unspecified atom stereocenters. The monoisotopic (exact) mass is 344 g/mol. The van der Waals surface area contributed by atoms with Gasteiger partial charge in [0.2, 0.25) is 5.91 Å². The number of halogens is 1. The van der Waals surface area contributed by atoms with Gasteiger partial charge in [-0.1, -0.05) is 13.8 Å². The van der Waals surface area contributed by atoms with Crippen LogP contribution in [0, 0.1) is 5.92 Å². The number of carboxylic acids is 1. The Bertz CT molecular complexity index is 554. The smallest absolute Gasteiger partial charge is 0.323 e. The average molecular weight is 345 g/mol. The first-order valence-electron chi connectivity index (χ1n) is 6.15. The van der Waals surface area contributed by atoms with Crippen LogP contribution < -0.4 is 5.56 Å². The molecule has 20 heavy (non-hydrogen) atoms. The Labute approximate surface area is 125 Å². The number of hydrogen-bond acceptors (Lipinski definition) is 3. The van der Waals surface area contributed by atoms with Crippen molar-refractivity contribution in [3.63, 3.8) is 0 Å². The van der Waals surface area contributed by atoms with Gasteiger partial charge in [-0.25, -0.2) is 0 Å². The zero-order valence-corrected chi connectivity index (χ0v) is 13.0. The van der Waals surface area contributed by atoms with E-state index in [4.69, 9.17) is 5.11 Å². The fourth-order valence-corrected chi connectivity index (χ4v) is 2.11. The zero-order valence-electron chi connectivity index (χ0n) is 11.4. The van der Waals surface area contributed by atoms with Gasteiger partial charge in [-0.15, -0.1) is 0 Å². The SMILES string of the molecule is CC(C)CN(CC(=O)O)C(=O)Cn1cc(Br)ccc1=O. The maximum absolute atomic E-state index is 12.1. The maximum atomic E-state index is 12.1. The van der Waals surface area contributed by atoms with Crippen LogP contribution in [0.2, 0.25) is 0 Å². The highest BCUT2D eigenvalue weighted by molar-refractivity contribution is 9.10. The Morgan fingerprint density at radius 1 is 1.40 bits per heavy atom. The second-order valence-electron chi connectivity index (χ2n) is 4.88. The summed E-state index contributed by atoms with van der Waals surface area (Å²) in [6.45, 7) is 3.60. The van der Waals surface area contributed by atoms with Gasteiger partial charge in [0.15, 0.2) is 0 Å². The molecule has 0 aliphatic carbocycles. The standard InChI is InChI=1S/C13H17BrN2O4/c1-9(2)5-15(8-13(19)20)12(18)7-16-6-10(14)3-4-11(16)17/h3-4,6,9H,5,7-8H2,1-2H3,(H,19,20). The topological polar surface area (TPSA) is 79.6 Å². The fraction of sp³-hybridized carbons (Fsp3) is 0.462. The summed E-state index contributed by atoms with van der Waals surface area (Å²) in [6.07, 6.45) is 1.51. The van der Waals surface area contributed by atoms with Crippen LogP contribution in [0.1, 0.15) is 13.8 Å². The van der Waals surface area contributed by atoms with Crippen molar-refractivity contribution in [2.24, 2.45) is 5.92 Å². The van der Waals surface area contributed by atoms with Gasteiger partial charge in [-0.2, -0.15) is 0 Å². The van der Waals surface area contributed by atoms with Gasteiger partial charge in [-0.3, -0.25) is 14.4 Å². The lowest BCUT2D eigenvalue weighted by Crippen LogP contribution is -2.41. The molecule has 0 aliphatic rings. The molecule has 6 nitrogen and oxygen atoms in total. The van der Waals surface area contributed by atoms with Crippen molar-refractivity contribution in [3.05, 3.63) is 33.2 Å². The van der Waals surface area contributed by atoms with Crippen molar-refractivity contribution in [3.8, 4) is 0 Å². The minimum Gasteiger partial charge on any atom is -0.480 e. The van der Waals surface area contributed by atoms with E-state index in [-0.39, 0.29) is 30.5 Å². The third kappa shape index (κ3) is 5.16. The van der Waals surface area contributed by atoms with Crippen LogP contribution in [-0.4, -0.2) is 39.5 Å². The molecule has 1 rings (SSSR count). The van der Waals surface area contributed by atoms with Crippen LogP contribution in [0.25, 0.3) is 0 Å². The summed E-state index contributed by atoms with van der Waals surface area (Å²) < 4.78 is 1.93. The molecule has 0 fully saturated rings. The summed E-state index contributed by atoms with van der Waals surface area (Å²) in [6, 6.07) is 2.94. The number of aromatic nitrogens is 1. The van der Waals surface area contributed by atoms with E-state index < -0.39 is 5.97 Å². The summed E-state index contributed by atoms with van der Waals surface area (Å²) in [7, 11) is 0. The van der Waals surface area contributed by atoms with Crippen molar-refractivity contribution < 1.29 is 14.7 Å². The molecule has 0 saturated heterocycles. The number of carbonyl (C=O) groups is 2. The van der Waals surface area contributed by atoms with Gasteiger partial charge in [0.25, 0.3) is 5.56 Å². The van der Waals surface area contributed by atoms with Gasteiger partial charge in [-0.05, 0) is 27.9 Å². The molecule has 110 valence electrons. The van der Waals surface area contributed by atoms with Crippen LogP contribution in [-0.2, 0) is 16.1 Å². The van der Waals surface area contributed by atoms with Gasteiger partial charge >= 0.3 is 5.97 Å². The predicted molar refractivity (Wildman–Crippen MR) is 77.5 cm³/mol. The van der Waals surface area contributed by atoms with Crippen LogP contribution in [0.5, 0.6) is 0 Å². The molecular weight excluding hydrogens is 328 g/mol. The van der Waals surface area contributed by atoms with E-state index in [9.17, 15) is 14.4 Å². The lowest BCUT2D eigenvalue weighted by Gasteiger charge is -2.23. The van der Waals surface area contributed by atoms with Crippen molar-refractivity contribution in [2.75, 3.05) is 13.1 Å². The van der Waals surface area contributed by atoms with Gasteiger partial charge in [0.1, 0.15) is 13.1 Å². The minimum atomic E-state index is -1.07. The molecule has 0 radical (unpaired) electrons. The predicted octanol–water partition coefficient (Wildman–Crippen LogP) is 1.18. The molecule has 0 bridgehead atoms. The lowest BCUT2D eigenvalue weighted by atomic mass is 10.2. The van der Waals surface area contributed by atoms with E-state index in [1.54, 1.807) is 6.07 Å². The average Bonchev–Trinajstić information content (AvgIpc) is 2.31. The molecule has 0 atom stereocenters. The third-order valence-corrected chi connectivity index (χ3v) is 2.99. The maximum Gasteiger partial charge on any atom is 0.323 e. The molecule has 7 heteroatoms. The molecule has 0 saturated carbocycles. The Balaban J connectivity index is 2.87. The van der Waals surface area contributed by atoms with Gasteiger partial charge in [0.05, 0.1) is 0 Å². The number of rotatable bonds is 6. The van der Waals surface area contributed by atoms with Crippen molar-refractivity contribution in [2.45, 2.75) is 20.4 Å². The molecule has 1 aromatic heterocycles. The third-order valence-electron chi connectivity index (χ3n) is 2.52. The number of pyridine rings is 1. The summed E-state index contributed by atoms with van der Waals surface area (Å²) in [5.74, 6) is -1.31. The lowest BCUT2D eigenvalue weighted by molar-refractivity contribution is -0.145. The number of nitrogens with zero attached hydrogens (tertiary/aromatic N) is 2. The number of carbonyl (C=O) groups excluding carboxylic acids is 1. The van der Waals surface area contributed by atoms with Crippen LogP contribution in [0.15, 0.2) is 27.6 Å². The second-order valence-corrected chi connectivity index (χ2v) is 5.79. The quantitative estimate of drug-likeness (QED) is 0.840. The largest absolute Gasteiger partial charge is 0.480 e. The molecule has 1 aromatic rings. The first kappa shape index (κ1) is 16.4. The molecule has 0 aromatic carbocycles. The van der Waals surface area contributed by atoms with Gasteiger partial charge < -0.3 is 14.6 Å². The number of carboxylic acid groups (broad SMARTS) is 1. The van der Waals surface area contributed by atoms with Crippen molar-refractivity contribution in [1.82, 2.24) is 9.47 Å². The fourth-order valence-electron chi connectivity index (χ4n) is 1.73. The second kappa shape index (κ2) is 7.23. The zero-order chi connectivity index (χ0) is 15.3. The summed E-state index contributed by atoms with van der Waals surface area (Å²) in [4.78, 5) is 35.8. The summed E-state index contributed by atoms with van der Waals surface area (Å²) in [5.41, 5.74) is -0.304. The first-order valence-corrected chi connectivity index (χ1v) is 6.94. The normalized spacial score (nSPS) is 10.6. The molecule has 0 aliphatic heterocycles. The van der Waals surface area contributed by atoms with E-state index in [2.05, 4.69) is 15.9 Å². The van der Waals surface area contributed by atoms with E-state index in [0.29, 0.717) is 11.0 Å². The van der Waals surface area contributed by atoms with E-state index in [0.717, 1.165) is 0 Å². The number of amides is 1. The van der Waals surface area contributed by atoms with E-state index >= 15 is 0 Å². The van der Waals surface area contributed by atoms with Crippen molar-refractivity contribution in [1.29, 1.82) is 0 Å². The minimum absolute atomic E-state index is 0.150. The van der Waals surface area contributed by atoms with E-state index in [1.165, 1.54) is 21.7 Å². The van der Waals surface area contributed by atoms with Gasteiger partial charge in [0, 0.05) is 23.3 Å². The van der Waals surface area contributed by atoms with Crippen LogP contribution >= 0.6 is 15.9 Å². The Kier molecular flexibility index (Phi) is 5.94. The highest BCUT2D eigenvalue weighted by Gasteiger charge is 2.18. The summed E-state index contributed by atoms with van der Waals surface area (Å²) >= 11 is 3.23. The Hall–Kier alpha value is -1.63. The Morgan fingerprint density at radius 2 is 2.05 bits per heavy atom. The van der Waals surface area contributed by atoms with Crippen molar-refractivity contribution >= 4 is 27.8 Å². The molecule has 1 heterocycles. The summed E-state index contributed by atoms with van der Waals surface area (Å²) in [5, 5.41) is 8.84. The molecule has 1 amide bonds. The van der Waals surface area contributed by atoms with E-state index in [1.807, 2.05) is 13.8 Å². The molecule has 0 spiro atoms. The highest BCUT2D eigenvalue weighted by atomic mass is 79.9. The van der Waals surface area contributed by atoms with Crippen LogP contribution in [0.4, 0.5) is 0 Å². The Morgan fingerprint density at radius 3 is 2.60 bits per heavy atom. The number of hydrogen-bond donors (Lipinski definition) is 1.